The molecule has 2 rings (SSSR count). The predicted octanol–water partition coefficient (Wildman–Crippen LogP) is 1.45. The fourth-order valence-electron chi connectivity index (χ4n) is 3.24. The average molecular weight is 334 g/mol. The lowest BCUT2D eigenvalue weighted by Gasteiger charge is -2.35. The molecule has 0 bridgehead atoms. The zero-order valence-electron chi connectivity index (χ0n) is 14.4. The highest BCUT2D eigenvalue weighted by molar-refractivity contribution is 5.93. The molecule has 1 amide bonds. The van der Waals surface area contributed by atoms with Crippen molar-refractivity contribution in [3.05, 3.63) is 34.9 Å². The highest BCUT2D eigenvalue weighted by atomic mass is 16.5. The largest absolute Gasteiger partial charge is 0.383 e. The number of benzene rings is 1. The SMILES string of the molecule is COCCN(C)CC[C@@]1(C=O)CCc2ccc(C(=O)NO)cc2C1. The molecule has 0 spiro atoms. The highest BCUT2D eigenvalue weighted by Gasteiger charge is 2.34. The standard InChI is InChI=1S/C18H26N2O4/c1-20(9-10-24-2)8-7-18(13-21)6-5-14-3-4-15(17(22)19-23)11-16(14)12-18/h3-4,11,13,23H,5-10,12H2,1-2H3,(H,19,22)/t18-/m0/s1. The van der Waals surface area contributed by atoms with Gasteiger partial charge >= 0.3 is 0 Å². The van der Waals surface area contributed by atoms with Crippen LogP contribution in [0.4, 0.5) is 0 Å². The third-order valence-corrected chi connectivity index (χ3v) is 4.92. The van der Waals surface area contributed by atoms with Crippen LogP contribution in [0.3, 0.4) is 0 Å². The van der Waals surface area contributed by atoms with E-state index in [9.17, 15) is 9.59 Å². The molecule has 1 atom stereocenters. The van der Waals surface area contributed by atoms with E-state index in [1.54, 1.807) is 24.7 Å². The van der Waals surface area contributed by atoms with Gasteiger partial charge in [0.25, 0.3) is 5.91 Å². The quantitative estimate of drug-likeness (QED) is 0.427. The minimum Gasteiger partial charge on any atom is -0.383 e. The van der Waals surface area contributed by atoms with Crippen molar-refractivity contribution in [2.24, 2.45) is 5.41 Å². The van der Waals surface area contributed by atoms with E-state index in [2.05, 4.69) is 4.90 Å². The second-order valence-corrected chi connectivity index (χ2v) is 6.63. The van der Waals surface area contributed by atoms with Gasteiger partial charge in [-0.1, -0.05) is 6.07 Å². The number of amides is 1. The van der Waals surface area contributed by atoms with Crippen molar-refractivity contribution in [1.82, 2.24) is 10.4 Å². The molecule has 6 nitrogen and oxygen atoms in total. The normalized spacial score (nSPS) is 19.8. The fourth-order valence-corrected chi connectivity index (χ4v) is 3.24. The molecule has 1 aromatic carbocycles. The average Bonchev–Trinajstić information content (AvgIpc) is 2.63. The molecule has 0 aliphatic heterocycles. The predicted molar refractivity (Wildman–Crippen MR) is 90.2 cm³/mol. The number of rotatable bonds is 8. The summed E-state index contributed by atoms with van der Waals surface area (Å²) in [6.45, 7) is 2.34. The molecule has 6 heteroatoms. The Morgan fingerprint density at radius 3 is 2.88 bits per heavy atom. The van der Waals surface area contributed by atoms with Crippen molar-refractivity contribution in [2.75, 3.05) is 33.9 Å². The summed E-state index contributed by atoms with van der Waals surface area (Å²) in [5, 5.41) is 8.79. The molecule has 1 aliphatic carbocycles. The van der Waals surface area contributed by atoms with E-state index >= 15 is 0 Å². The summed E-state index contributed by atoms with van der Waals surface area (Å²) in [4.78, 5) is 25.6. The number of fused-ring (bicyclic) bond motifs is 1. The first-order chi connectivity index (χ1) is 11.5. The first-order valence-corrected chi connectivity index (χ1v) is 8.23. The van der Waals surface area contributed by atoms with Gasteiger partial charge in [-0.15, -0.1) is 0 Å². The number of ether oxygens (including phenoxy) is 1. The van der Waals surface area contributed by atoms with Crippen LogP contribution in [-0.2, 0) is 22.4 Å². The Morgan fingerprint density at radius 1 is 1.42 bits per heavy atom. The van der Waals surface area contributed by atoms with Crippen LogP contribution in [0.2, 0.25) is 0 Å². The third-order valence-electron chi connectivity index (χ3n) is 4.92. The molecule has 0 saturated heterocycles. The zero-order valence-corrected chi connectivity index (χ0v) is 14.4. The number of nitrogens with one attached hydrogen (secondary N) is 1. The molecule has 0 fully saturated rings. The van der Waals surface area contributed by atoms with Crippen molar-refractivity contribution >= 4 is 12.2 Å². The van der Waals surface area contributed by atoms with Gasteiger partial charge < -0.3 is 14.4 Å². The van der Waals surface area contributed by atoms with Gasteiger partial charge in [0.15, 0.2) is 0 Å². The number of carbonyl (C=O) groups excluding carboxylic acids is 2. The fraction of sp³-hybridized carbons (Fsp3) is 0.556. The van der Waals surface area contributed by atoms with E-state index in [0.29, 0.717) is 18.6 Å². The Bertz CT molecular complexity index is 590. The molecule has 2 N–H and O–H groups in total. The van der Waals surface area contributed by atoms with Gasteiger partial charge in [0, 0.05) is 24.6 Å². The summed E-state index contributed by atoms with van der Waals surface area (Å²) in [5.74, 6) is -0.528. The van der Waals surface area contributed by atoms with Crippen LogP contribution in [0, 0.1) is 5.41 Å². The van der Waals surface area contributed by atoms with Crippen LogP contribution in [0.25, 0.3) is 0 Å². The Morgan fingerprint density at radius 2 is 2.21 bits per heavy atom. The molecular formula is C18H26N2O4. The van der Waals surface area contributed by atoms with Crippen LogP contribution >= 0.6 is 0 Å². The molecule has 0 unspecified atom stereocenters. The van der Waals surface area contributed by atoms with Gasteiger partial charge in [0.1, 0.15) is 6.29 Å². The van der Waals surface area contributed by atoms with E-state index < -0.39 is 5.91 Å². The maximum atomic E-state index is 11.8. The van der Waals surface area contributed by atoms with E-state index in [4.69, 9.17) is 9.94 Å². The molecule has 1 aromatic rings. The van der Waals surface area contributed by atoms with Gasteiger partial charge in [-0.3, -0.25) is 10.0 Å². The smallest absolute Gasteiger partial charge is 0.274 e. The van der Waals surface area contributed by atoms with Gasteiger partial charge in [0.05, 0.1) is 6.61 Å². The lowest BCUT2D eigenvalue weighted by Crippen LogP contribution is -2.35. The van der Waals surface area contributed by atoms with Gasteiger partial charge in [0.2, 0.25) is 0 Å². The monoisotopic (exact) mass is 334 g/mol. The number of aldehydes is 1. The van der Waals surface area contributed by atoms with Crippen LogP contribution in [0.5, 0.6) is 0 Å². The number of hydroxylamine groups is 1. The molecule has 0 aromatic heterocycles. The number of aryl methyl sites for hydroxylation is 1. The summed E-state index contributed by atoms with van der Waals surface area (Å²) in [7, 11) is 3.71. The summed E-state index contributed by atoms with van der Waals surface area (Å²) in [6.07, 6.45) is 4.16. The molecule has 1 aliphatic rings. The zero-order chi connectivity index (χ0) is 17.6. The minimum absolute atomic E-state index is 0.386. The lowest BCUT2D eigenvalue weighted by molar-refractivity contribution is -0.117. The van der Waals surface area contributed by atoms with E-state index in [1.807, 2.05) is 13.1 Å². The van der Waals surface area contributed by atoms with Crippen molar-refractivity contribution in [1.29, 1.82) is 0 Å². The summed E-state index contributed by atoms with van der Waals surface area (Å²) >= 11 is 0. The minimum atomic E-state index is -0.528. The van der Waals surface area contributed by atoms with Crippen molar-refractivity contribution in [3.8, 4) is 0 Å². The van der Waals surface area contributed by atoms with Crippen LogP contribution in [-0.4, -0.2) is 56.2 Å². The van der Waals surface area contributed by atoms with Crippen molar-refractivity contribution in [2.45, 2.75) is 25.7 Å². The number of carbonyl (C=O) groups is 2. The molecule has 24 heavy (non-hydrogen) atoms. The number of hydrogen-bond acceptors (Lipinski definition) is 5. The summed E-state index contributed by atoms with van der Waals surface area (Å²) in [5.41, 5.74) is 3.88. The van der Waals surface area contributed by atoms with E-state index in [0.717, 1.165) is 44.2 Å². The molecule has 0 saturated carbocycles. The Hall–Kier alpha value is -1.76. The maximum Gasteiger partial charge on any atom is 0.274 e. The number of hydrogen-bond donors (Lipinski definition) is 2. The second kappa shape index (κ2) is 8.37. The Labute approximate surface area is 142 Å². The van der Waals surface area contributed by atoms with Gasteiger partial charge in [-0.25, -0.2) is 5.48 Å². The topological polar surface area (TPSA) is 78.9 Å². The lowest BCUT2D eigenvalue weighted by atomic mass is 9.70. The van der Waals surface area contributed by atoms with Crippen molar-refractivity contribution < 1.29 is 19.5 Å². The van der Waals surface area contributed by atoms with Crippen LogP contribution in [0.15, 0.2) is 18.2 Å². The van der Waals surface area contributed by atoms with Crippen LogP contribution < -0.4 is 5.48 Å². The number of likely N-dealkylation sites (N-methyl/N-ethyl adjacent to an activating group) is 1. The first-order valence-electron chi connectivity index (χ1n) is 8.23. The number of methoxy groups -OCH3 is 1. The Balaban J connectivity index is 2.09. The van der Waals surface area contributed by atoms with Gasteiger partial charge in [-0.2, -0.15) is 0 Å². The third kappa shape index (κ3) is 4.41. The highest BCUT2D eigenvalue weighted by Crippen LogP contribution is 2.37. The van der Waals surface area contributed by atoms with Gasteiger partial charge in [-0.05, 0) is 62.5 Å². The number of nitrogens with zero attached hydrogens (tertiary/aromatic N) is 1. The first kappa shape index (κ1) is 18.6. The second-order valence-electron chi connectivity index (χ2n) is 6.63. The maximum absolute atomic E-state index is 11.8. The van der Waals surface area contributed by atoms with Crippen molar-refractivity contribution in [3.63, 3.8) is 0 Å². The summed E-state index contributed by atoms with van der Waals surface area (Å²) in [6, 6.07) is 5.41. The molecule has 0 heterocycles. The van der Waals surface area contributed by atoms with E-state index in [-0.39, 0.29) is 5.41 Å². The Kier molecular flexibility index (Phi) is 6.48. The van der Waals surface area contributed by atoms with Crippen LogP contribution in [0.1, 0.15) is 34.3 Å². The molecule has 0 radical (unpaired) electrons. The molecule has 132 valence electrons. The molecular weight excluding hydrogens is 308 g/mol. The summed E-state index contributed by atoms with van der Waals surface area (Å²) < 4.78 is 5.08. The van der Waals surface area contributed by atoms with E-state index in [1.165, 1.54) is 5.56 Å².